The molecule has 0 bridgehead atoms. The highest BCUT2D eigenvalue weighted by Gasteiger charge is 2.34. The lowest BCUT2D eigenvalue weighted by molar-refractivity contribution is -0.135. The SMILES string of the molecule is Cn1nc2c(=O)n(CC3(O)CCN(C(=O)CCc4ccccc4)CC3)cnc2c1-c1ccccc1. The summed E-state index contributed by atoms with van der Waals surface area (Å²) in [6.07, 6.45) is 3.47. The van der Waals surface area contributed by atoms with E-state index in [0.717, 1.165) is 16.8 Å². The first-order valence-electron chi connectivity index (χ1n) is 12.0. The van der Waals surface area contributed by atoms with Gasteiger partial charge >= 0.3 is 0 Å². The zero-order chi connectivity index (χ0) is 24.4. The molecule has 1 N–H and O–H groups in total. The zero-order valence-electron chi connectivity index (χ0n) is 19.8. The Kier molecular flexibility index (Phi) is 6.21. The minimum atomic E-state index is -1.08. The molecule has 4 aromatic rings. The number of nitrogens with zero attached hydrogens (tertiary/aromatic N) is 5. The van der Waals surface area contributed by atoms with Gasteiger partial charge in [0.25, 0.3) is 5.56 Å². The van der Waals surface area contributed by atoms with E-state index in [-0.39, 0.29) is 23.5 Å². The number of fused-ring (bicyclic) bond motifs is 1. The van der Waals surface area contributed by atoms with Gasteiger partial charge in [-0.05, 0) is 24.8 Å². The second-order valence-electron chi connectivity index (χ2n) is 9.30. The summed E-state index contributed by atoms with van der Waals surface area (Å²) in [5.74, 6) is 0.0954. The number of rotatable bonds is 6. The second-order valence-corrected chi connectivity index (χ2v) is 9.30. The molecule has 2 aromatic carbocycles. The lowest BCUT2D eigenvalue weighted by Gasteiger charge is -2.38. The minimum Gasteiger partial charge on any atom is -0.388 e. The fourth-order valence-electron chi connectivity index (χ4n) is 4.83. The molecule has 180 valence electrons. The number of likely N-dealkylation sites (tertiary alicyclic amines) is 1. The Balaban J connectivity index is 1.27. The van der Waals surface area contributed by atoms with Gasteiger partial charge in [-0.2, -0.15) is 5.10 Å². The van der Waals surface area contributed by atoms with Crippen LogP contribution in [-0.2, 0) is 24.8 Å². The predicted octanol–water partition coefficient (Wildman–Crippen LogP) is 2.78. The third kappa shape index (κ3) is 4.74. The van der Waals surface area contributed by atoms with Gasteiger partial charge in [-0.15, -0.1) is 0 Å². The average Bonchev–Trinajstić information content (AvgIpc) is 3.22. The predicted molar refractivity (Wildman–Crippen MR) is 134 cm³/mol. The molecule has 1 amide bonds. The van der Waals surface area contributed by atoms with Crippen LogP contribution < -0.4 is 5.56 Å². The van der Waals surface area contributed by atoms with E-state index in [0.29, 0.717) is 44.3 Å². The lowest BCUT2D eigenvalue weighted by atomic mass is 9.91. The highest BCUT2D eigenvalue weighted by atomic mass is 16.3. The van der Waals surface area contributed by atoms with Crippen molar-refractivity contribution >= 4 is 16.9 Å². The van der Waals surface area contributed by atoms with Crippen LogP contribution in [0, 0.1) is 0 Å². The van der Waals surface area contributed by atoms with E-state index in [4.69, 9.17) is 0 Å². The van der Waals surface area contributed by atoms with Gasteiger partial charge < -0.3 is 10.0 Å². The average molecular weight is 472 g/mol. The normalized spacial score (nSPS) is 15.4. The Morgan fingerprint density at radius 1 is 1.00 bits per heavy atom. The van der Waals surface area contributed by atoms with Gasteiger partial charge in [0.1, 0.15) is 5.52 Å². The smallest absolute Gasteiger partial charge is 0.281 e. The fourth-order valence-corrected chi connectivity index (χ4v) is 4.83. The van der Waals surface area contributed by atoms with Gasteiger partial charge in [0, 0.05) is 32.1 Å². The number of carbonyl (C=O) groups is 1. The van der Waals surface area contributed by atoms with Crippen LogP contribution in [0.4, 0.5) is 0 Å². The van der Waals surface area contributed by atoms with Crippen LogP contribution >= 0.6 is 0 Å². The molecular weight excluding hydrogens is 442 g/mol. The maximum absolute atomic E-state index is 13.2. The minimum absolute atomic E-state index is 0.0954. The molecule has 0 unspecified atom stereocenters. The summed E-state index contributed by atoms with van der Waals surface area (Å²) in [6.45, 7) is 1.06. The molecule has 5 rings (SSSR count). The molecule has 3 heterocycles. The molecule has 8 heteroatoms. The van der Waals surface area contributed by atoms with E-state index in [9.17, 15) is 14.7 Å². The van der Waals surface area contributed by atoms with Crippen molar-refractivity contribution in [3.8, 4) is 11.3 Å². The summed E-state index contributed by atoms with van der Waals surface area (Å²) in [5.41, 5.74) is 2.34. The van der Waals surface area contributed by atoms with Crippen molar-refractivity contribution in [2.24, 2.45) is 7.05 Å². The highest BCUT2D eigenvalue weighted by molar-refractivity contribution is 5.89. The summed E-state index contributed by atoms with van der Waals surface area (Å²) in [6, 6.07) is 19.7. The van der Waals surface area contributed by atoms with E-state index in [1.165, 1.54) is 10.9 Å². The third-order valence-corrected chi connectivity index (χ3v) is 6.84. The Morgan fingerprint density at radius 2 is 1.66 bits per heavy atom. The summed E-state index contributed by atoms with van der Waals surface area (Å²) < 4.78 is 3.12. The van der Waals surface area contributed by atoms with Crippen molar-refractivity contribution in [1.29, 1.82) is 0 Å². The van der Waals surface area contributed by atoms with Crippen molar-refractivity contribution in [3.05, 3.63) is 82.9 Å². The Labute approximate surface area is 203 Å². The maximum Gasteiger partial charge on any atom is 0.281 e. The van der Waals surface area contributed by atoms with Crippen molar-refractivity contribution in [1.82, 2.24) is 24.2 Å². The summed E-state index contributed by atoms with van der Waals surface area (Å²) in [4.78, 5) is 32.2. The molecule has 0 spiro atoms. The molecule has 1 fully saturated rings. The van der Waals surface area contributed by atoms with Gasteiger partial charge in [0.2, 0.25) is 5.91 Å². The molecule has 0 radical (unpaired) electrons. The van der Waals surface area contributed by atoms with Crippen LogP contribution in [0.25, 0.3) is 22.3 Å². The zero-order valence-corrected chi connectivity index (χ0v) is 19.8. The first-order valence-corrected chi connectivity index (χ1v) is 12.0. The Hall–Kier alpha value is -3.78. The number of aromatic nitrogens is 4. The number of hydrogen-bond acceptors (Lipinski definition) is 5. The standard InChI is InChI=1S/C27H29N5O3/c1-30-25(21-10-6-3-7-11-21)23-24(29-30)26(34)32(19-28-23)18-27(35)14-16-31(17-15-27)22(33)13-12-20-8-4-2-5-9-20/h2-11,19,35H,12-18H2,1H3. The summed E-state index contributed by atoms with van der Waals surface area (Å²) >= 11 is 0. The number of benzene rings is 2. The van der Waals surface area contributed by atoms with Crippen LogP contribution in [0.1, 0.15) is 24.8 Å². The monoisotopic (exact) mass is 471 g/mol. The van der Waals surface area contributed by atoms with Crippen LogP contribution in [0.3, 0.4) is 0 Å². The van der Waals surface area contributed by atoms with Crippen molar-refractivity contribution in [2.45, 2.75) is 37.8 Å². The maximum atomic E-state index is 13.2. The van der Waals surface area contributed by atoms with E-state index >= 15 is 0 Å². The van der Waals surface area contributed by atoms with E-state index < -0.39 is 5.60 Å². The first kappa shape index (κ1) is 23.0. The van der Waals surface area contributed by atoms with Gasteiger partial charge in [-0.25, -0.2) is 4.98 Å². The van der Waals surface area contributed by atoms with Crippen LogP contribution in [0.15, 0.2) is 71.8 Å². The van der Waals surface area contributed by atoms with Gasteiger partial charge in [0.05, 0.1) is 24.2 Å². The number of carbonyl (C=O) groups excluding carboxylic acids is 1. The molecule has 0 aliphatic carbocycles. The lowest BCUT2D eigenvalue weighted by Crippen LogP contribution is -2.49. The fraction of sp³-hybridized carbons (Fsp3) is 0.333. The molecular formula is C27H29N5O3. The Morgan fingerprint density at radius 3 is 2.34 bits per heavy atom. The molecule has 1 aliphatic rings. The molecule has 8 nitrogen and oxygen atoms in total. The largest absolute Gasteiger partial charge is 0.388 e. The Bertz CT molecular complexity index is 1390. The molecule has 1 saturated heterocycles. The highest BCUT2D eigenvalue weighted by Crippen LogP contribution is 2.27. The van der Waals surface area contributed by atoms with Crippen LogP contribution in [0.2, 0.25) is 0 Å². The van der Waals surface area contributed by atoms with E-state index in [1.807, 2.05) is 65.6 Å². The topological polar surface area (TPSA) is 93.2 Å². The molecule has 2 aromatic heterocycles. The third-order valence-electron chi connectivity index (χ3n) is 6.84. The number of piperidine rings is 1. The van der Waals surface area contributed by atoms with Crippen molar-refractivity contribution in [2.75, 3.05) is 13.1 Å². The van der Waals surface area contributed by atoms with Crippen LogP contribution in [-0.4, -0.2) is 53.9 Å². The van der Waals surface area contributed by atoms with Gasteiger partial charge in [0.15, 0.2) is 5.52 Å². The van der Waals surface area contributed by atoms with Crippen molar-refractivity contribution in [3.63, 3.8) is 0 Å². The number of amides is 1. The quantitative estimate of drug-likeness (QED) is 0.467. The summed E-state index contributed by atoms with van der Waals surface area (Å²) in [5, 5.41) is 15.6. The molecule has 0 atom stereocenters. The molecule has 0 saturated carbocycles. The van der Waals surface area contributed by atoms with Crippen LogP contribution in [0.5, 0.6) is 0 Å². The van der Waals surface area contributed by atoms with E-state index in [1.54, 1.807) is 11.7 Å². The summed E-state index contributed by atoms with van der Waals surface area (Å²) in [7, 11) is 1.80. The molecule has 35 heavy (non-hydrogen) atoms. The van der Waals surface area contributed by atoms with Crippen molar-refractivity contribution < 1.29 is 9.90 Å². The number of hydrogen-bond donors (Lipinski definition) is 1. The van der Waals surface area contributed by atoms with Gasteiger partial charge in [-0.3, -0.25) is 18.8 Å². The number of aliphatic hydroxyl groups is 1. The molecule has 1 aliphatic heterocycles. The van der Waals surface area contributed by atoms with E-state index in [2.05, 4.69) is 10.1 Å². The second kappa shape index (κ2) is 9.46. The number of aryl methyl sites for hydroxylation is 2. The van der Waals surface area contributed by atoms with Gasteiger partial charge in [-0.1, -0.05) is 60.7 Å². The first-order chi connectivity index (χ1) is 16.9.